The third-order valence-corrected chi connectivity index (χ3v) is 19.5. The minimum atomic E-state index is -2.77. The molecule has 4 aliphatic rings. The number of alkyl halides is 1. The minimum absolute atomic E-state index is 0.0514. The Morgan fingerprint density at radius 3 is 2.21 bits per heavy atom. The summed E-state index contributed by atoms with van der Waals surface area (Å²) in [5.74, 6) is -6.85. The van der Waals surface area contributed by atoms with Crippen LogP contribution in [0, 0.1) is 35.5 Å². The highest BCUT2D eigenvalue weighted by Gasteiger charge is 2.57. The van der Waals surface area contributed by atoms with Crippen molar-refractivity contribution in [2.45, 2.75) is 198 Å². The van der Waals surface area contributed by atoms with Crippen LogP contribution in [0.1, 0.15) is 132 Å². The van der Waals surface area contributed by atoms with Crippen LogP contribution in [0.4, 0.5) is 0 Å². The Morgan fingerprint density at radius 2 is 1.60 bits per heavy atom. The number of esters is 1. The Morgan fingerprint density at radius 1 is 0.968 bits per heavy atom. The van der Waals surface area contributed by atoms with E-state index in [1.807, 2.05) is 40.8 Å². The van der Waals surface area contributed by atoms with Crippen molar-refractivity contribution in [2.24, 2.45) is 35.5 Å². The van der Waals surface area contributed by atoms with Crippen LogP contribution in [0.15, 0.2) is 23.3 Å². The third-order valence-electron chi connectivity index (χ3n) is 15.5. The Kier molecular flexibility index (Phi) is 19.3. The highest BCUT2D eigenvalue weighted by Crippen LogP contribution is 2.46. The molecule has 2 unspecified atom stereocenters. The van der Waals surface area contributed by atoms with E-state index in [9.17, 15) is 29.1 Å². The predicted octanol–water partition coefficient (Wildman–Crippen LogP) is 8.34. The van der Waals surface area contributed by atoms with Gasteiger partial charge in [0.25, 0.3) is 11.7 Å². The SMILES string of the molecule is CC[C@@H]1/C=C(\C)C[C@H](C)C[C@H](OC)[C@H]2O[C@@](O)(C(=O)C(=O)N3CCCCC3C(=O)O[C@H](/C(C)=C/C3CC[C@H](Cl)[C@H](OC)C3)[C@@H](C)[C@@H](CC(C)(C)[Si](C)(C)O)CC1=O)[C@H](C)C[C@@H]2OC. The molecule has 360 valence electrons. The van der Waals surface area contributed by atoms with Gasteiger partial charge in [-0.05, 0) is 126 Å². The van der Waals surface area contributed by atoms with Crippen molar-refractivity contribution in [3.05, 3.63) is 23.3 Å². The number of ether oxygens (including phenoxy) is 5. The molecule has 3 aliphatic heterocycles. The first kappa shape index (κ1) is 53.6. The Labute approximate surface area is 384 Å². The number of fused-ring (bicyclic) bond motifs is 3. The molecule has 0 spiro atoms. The molecule has 4 rings (SSSR count). The molecule has 2 bridgehead atoms. The average Bonchev–Trinajstić information content (AvgIpc) is 3.23. The number of halogens is 1. The number of hydrogen-bond acceptors (Lipinski definition) is 11. The molecule has 14 atom stereocenters. The molecular weight excluding hydrogens is 842 g/mol. The Hall–Kier alpha value is -1.97. The maximum Gasteiger partial charge on any atom is 0.329 e. The largest absolute Gasteiger partial charge is 0.456 e. The summed E-state index contributed by atoms with van der Waals surface area (Å²) in [6.07, 6.45) is 7.80. The van der Waals surface area contributed by atoms with E-state index >= 15 is 0 Å². The lowest BCUT2D eigenvalue weighted by Gasteiger charge is -2.47. The van der Waals surface area contributed by atoms with Crippen LogP contribution in [0.2, 0.25) is 18.1 Å². The summed E-state index contributed by atoms with van der Waals surface area (Å²) >= 11 is 6.64. The van der Waals surface area contributed by atoms with Crippen molar-refractivity contribution in [1.82, 2.24) is 4.90 Å². The van der Waals surface area contributed by atoms with E-state index < -0.39 is 73.2 Å². The lowest BCUT2D eigenvalue weighted by Crippen LogP contribution is -2.64. The summed E-state index contributed by atoms with van der Waals surface area (Å²) < 4.78 is 30.6. The second-order valence-electron chi connectivity index (χ2n) is 20.9. The van der Waals surface area contributed by atoms with Gasteiger partial charge in [0, 0.05) is 52.0 Å². The maximum absolute atomic E-state index is 14.8. The number of hydrogen-bond donors (Lipinski definition) is 2. The number of amides is 1. The molecule has 0 aromatic rings. The van der Waals surface area contributed by atoms with Gasteiger partial charge in [-0.3, -0.25) is 14.4 Å². The van der Waals surface area contributed by atoms with Crippen LogP contribution >= 0.6 is 11.6 Å². The fourth-order valence-corrected chi connectivity index (χ4v) is 11.7. The second-order valence-corrected chi connectivity index (χ2v) is 26.0. The van der Waals surface area contributed by atoms with Crippen molar-refractivity contribution < 1.29 is 52.8 Å². The van der Waals surface area contributed by atoms with Crippen LogP contribution in [0.3, 0.4) is 0 Å². The van der Waals surface area contributed by atoms with Gasteiger partial charge in [-0.1, -0.05) is 59.3 Å². The third kappa shape index (κ3) is 12.9. The monoisotopic (exact) mass is 924 g/mol. The summed E-state index contributed by atoms with van der Waals surface area (Å²) in [5, 5.41) is 11.6. The predicted molar refractivity (Wildman–Crippen MR) is 248 cm³/mol. The molecule has 14 heteroatoms. The van der Waals surface area contributed by atoms with Gasteiger partial charge in [0.2, 0.25) is 5.79 Å². The standard InChI is InChI=1S/C49H82ClNO11Si/c1-14-35-22-29(2)21-30(3)23-41(59-10)44-42(60-11)25-32(5)49(56,62-44)45(53)46(54)51-20-16-15-17-38(51)47(55)61-43(31(4)24-34-18-19-37(50)40(26-34)58-9)33(6)36(27-39(35)52)28-48(7,8)63(12,13)57/h22,24,30,32-38,40-44,56-57H,14-21,23,25-28H2,1-13H3/b29-22+,31-24+/t30-,32+,33-,34?,35+,36+,37-,38?,40+,41-,42-,43+,44+,49+/m0/s1. The van der Waals surface area contributed by atoms with Crippen molar-refractivity contribution in [3.63, 3.8) is 0 Å². The number of rotatable bonds is 9. The molecule has 63 heavy (non-hydrogen) atoms. The van der Waals surface area contributed by atoms with Crippen molar-refractivity contribution in [2.75, 3.05) is 27.9 Å². The van der Waals surface area contributed by atoms with Crippen LogP contribution in [-0.4, -0.2) is 122 Å². The molecule has 2 saturated heterocycles. The fraction of sp³-hybridized carbons (Fsp3) is 0.837. The van der Waals surface area contributed by atoms with Gasteiger partial charge in [-0.25, -0.2) is 4.79 Å². The van der Waals surface area contributed by atoms with E-state index in [2.05, 4.69) is 32.9 Å². The Balaban J connectivity index is 1.88. The zero-order chi connectivity index (χ0) is 47.2. The molecular formula is C49H82ClNO11Si. The molecule has 0 aromatic heterocycles. The van der Waals surface area contributed by atoms with E-state index in [1.165, 1.54) is 4.90 Å². The number of aliphatic hydroxyl groups is 1. The van der Waals surface area contributed by atoms with Gasteiger partial charge in [0.1, 0.15) is 24.0 Å². The lowest BCUT2D eigenvalue weighted by atomic mass is 9.75. The number of allylic oxidation sites excluding steroid dienone is 3. The Bertz CT molecular complexity index is 1650. The minimum Gasteiger partial charge on any atom is -0.456 e. The van der Waals surface area contributed by atoms with E-state index in [0.29, 0.717) is 44.9 Å². The van der Waals surface area contributed by atoms with Crippen LogP contribution in [-0.2, 0) is 42.9 Å². The van der Waals surface area contributed by atoms with Crippen molar-refractivity contribution in [1.29, 1.82) is 0 Å². The smallest absolute Gasteiger partial charge is 0.329 e. The van der Waals surface area contributed by atoms with Crippen LogP contribution < -0.4 is 0 Å². The summed E-state index contributed by atoms with van der Waals surface area (Å²) in [6, 6.07) is -1.09. The summed E-state index contributed by atoms with van der Waals surface area (Å²) in [5.41, 5.74) is 1.88. The number of ketones is 2. The number of Topliss-reactive ketones (excluding diaryl/α,β-unsaturated/α-hetero) is 2. The number of nitrogens with zero attached hydrogens (tertiary/aromatic N) is 1. The van der Waals surface area contributed by atoms with Crippen LogP contribution in [0.25, 0.3) is 0 Å². The first-order valence-electron chi connectivity index (χ1n) is 23.7. The summed E-state index contributed by atoms with van der Waals surface area (Å²) in [4.78, 5) is 71.2. The number of piperidine rings is 1. The maximum atomic E-state index is 14.8. The van der Waals surface area contributed by atoms with Gasteiger partial charge in [0.05, 0.1) is 23.7 Å². The zero-order valence-corrected chi connectivity index (χ0v) is 42.5. The quantitative estimate of drug-likeness (QED) is 0.0753. The van der Waals surface area contributed by atoms with E-state index in [1.54, 1.807) is 28.3 Å². The molecule has 1 saturated carbocycles. The number of methoxy groups -OCH3 is 3. The van der Waals surface area contributed by atoms with Gasteiger partial charge >= 0.3 is 5.97 Å². The van der Waals surface area contributed by atoms with E-state index in [4.69, 9.17) is 35.3 Å². The molecule has 3 fully saturated rings. The summed E-state index contributed by atoms with van der Waals surface area (Å²) in [7, 11) is 2.01. The van der Waals surface area contributed by atoms with Gasteiger partial charge in [0.15, 0.2) is 8.32 Å². The first-order chi connectivity index (χ1) is 29.4. The number of carbonyl (C=O) groups is 4. The van der Waals surface area contributed by atoms with E-state index in [0.717, 1.165) is 24.0 Å². The fourth-order valence-electron chi connectivity index (χ4n) is 10.6. The first-order valence-corrected chi connectivity index (χ1v) is 27.1. The van der Waals surface area contributed by atoms with Gasteiger partial charge in [-0.15, -0.1) is 11.6 Å². The molecule has 1 aliphatic carbocycles. The molecule has 3 heterocycles. The molecule has 2 N–H and O–H groups in total. The van der Waals surface area contributed by atoms with Gasteiger partial charge in [-0.2, -0.15) is 0 Å². The molecule has 1 amide bonds. The zero-order valence-electron chi connectivity index (χ0n) is 40.7. The van der Waals surface area contributed by atoms with Gasteiger partial charge < -0.3 is 38.5 Å². The highest BCUT2D eigenvalue weighted by atomic mass is 35.5. The van der Waals surface area contributed by atoms with Crippen molar-refractivity contribution >= 4 is 43.4 Å². The van der Waals surface area contributed by atoms with E-state index in [-0.39, 0.29) is 72.7 Å². The molecule has 0 radical (unpaired) electrons. The molecule has 12 nitrogen and oxygen atoms in total. The topological polar surface area (TPSA) is 158 Å². The second kappa shape index (κ2) is 22.7. The normalized spacial score (nSPS) is 38.9. The number of cyclic esters (lactones) is 1. The highest BCUT2D eigenvalue weighted by molar-refractivity contribution is 6.72. The summed E-state index contributed by atoms with van der Waals surface area (Å²) in [6.45, 7) is 19.9. The van der Waals surface area contributed by atoms with Crippen molar-refractivity contribution in [3.8, 4) is 0 Å². The number of carbonyl (C=O) groups excluding carboxylic acids is 4. The molecule has 0 aromatic carbocycles. The average molecular weight is 925 g/mol. The van der Waals surface area contributed by atoms with Crippen LogP contribution in [0.5, 0.6) is 0 Å². The lowest BCUT2D eigenvalue weighted by molar-refractivity contribution is -0.302.